The molecule has 7 aromatic rings. The quantitative estimate of drug-likeness (QED) is 0.200. The monoisotopic (exact) mass is 571 g/mol. The summed E-state index contributed by atoms with van der Waals surface area (Å²) in [6.07, 6.45) is 0. The van der Waals surface area contributed by atoms with Crippen molar-refractivity contribution in [3.05, 3.63) is 209 Å². The van der Waals surface area contributed by atoms with E-state index in [0.29, 0.717) is 0 Å². The lowest BCUT2D eigenvalue weighted by Gasteiger charge is -2.48. The van der Waals surface area contributed by atoms with E-state index >= 15 is 0 Å². The molecule has 0 amide bonds. The molecule has 0 fully saturated rings. The summed E-state index contributed by atoms with van der Waals surface area (Å²) in [6.45, 7) is 0. The third-order valence-electron chi connectivity index (χ3n) is 10.5. The van der Waals surface area contributed by atoms with Crippen molar-refractivity contribution < 1.29 is 0 Å². The Morgan fingerprint density at radius 3 is 0.978 bits per heavy atom. The van der Waals surface area contributed by atoms with Crippen LogP contribution in [0.1, 0.15) is 33.4 Å². The standard InChI is InChI=1S/C44H29N/c1-2-14-30(15-3-1)31-26-28-32(29-27-31)45-43(37-20-8-4-16-33(37)34-17-5-9-21-38(34)43)41-24-12-13-25-42(41)44(45)39-22-10-6-18-35(39)36-19-7-11-23-40(36)44/h1-29H. The number of fused-ring (bicyclic) bond motifs is 13. The molecule has 0 atom stereocenters. The van der Waals surface area contributed by atoms with Crippen LogP contribution in [-0.2, 0) is 11.1 Å². The highest BCUT2D eigenvalue weighted by Gasteiger charge is 2.66. The highest BCUT2D eigenvalue weighted by Crippen LogP contribution is 2.69. The third kappa shape index (κ3) is 2.94. The van der Waals surface area contributed by atoms with Gasteiger partial charge in [-0.15, -0.1) is 0 Å². The lowest BCUT2D eigenvalue weighted by atomic mass is 9.79. The van der Waals surface area contributed by atoms with E-state index in [2.05, 4.69) is 181 Å². The van der Waals surface area contributed by atoms with Gasteiger partial charge in [0.1, 0.15) is 11.1 Å². The average molecular weight is 572 g/mol. The number of hydrogen-bond donors (Lipinski definition) is 0. The van der Waals surface area contributed by atoms with Crippen LogP contribution in [0.15, 0.2) is 176 Å². The van der Waals surface area contributed by atoms with Crippen LogP contribution >= 0.6 is 0 Å². The molecule has 3 aliphatic rings. The number of nitrogens with zero attached hydrogens (tertiary/aromatic N) is 1. The first-order chi connectivity index (χ1) is 22.3. The molecule has 2 spiro atoms. The Labute approximate surface area is 263 Å². The van der Waals surface area contributed by atoms with Gasteiger partial charge in [0.05, 0.1) is 0 Å². The van der Waals surface area contributed by atoms with Crippen molar-refractivity contribution in [2.24, 2.45) is 0 Å². The zero-order chi connectivity index (χ0) is 29.6. The van der Waals surface area contributed by atoms with Crippen molar-refractivity contribution in [2.75, 3.05) is 4.90 Å². The number of rotatable bonds is 2. The maximum atomic E-state index is 2.79. The molecule has 0 saturated heterocycles. The first kappa shape index (κ1) is 24.7. The summed E-state index contributed by atoms with van der Waals surface area (Å²) < 4.78 is 0. The topological polar surface area (TPSA) is 3.24 Å². The van der Waals surface area contributed by atoms with Crippen molar-refractivity contribution in [2.45, 2.75) is 11.1 Å². The van der Waals surface area contributed by atoms with Gasteiger partial charge in [0.2, 0.25) is 0 Å². The summed E-state index contributed by atoms with van der Waals surface area (Å²) >= 11 is 0. The Morgan fingerprint density at radius 1 is 0.267 bits per heavy atom. The maximum absolute atomic E-state index is 2.79. The maximum Gasteiger partial charge on any atom is 0.119 e. The van der Waals surface area contributed by atoms with Crippen LogP contribution in [0.25, 0.3) is 33.4 Å². The molecule has 7 aromatic carbocycles. The summed E-state index contributed by atoms with van der Waals surface area (Å²) in [5.41, 5.74) is 15.9. The minimum absolute atomic E-state index is 0.539. The summed E-state index contributed by atoms with van der Waals surface area (Å²) in [5, 5.41) is 0. The van der Waals surface area contributed by atoms with E-state index in [9.17, 15) is 0 Å². The third-order valence-corrected chi connectivity index (χ3v) is 10.5. The number of hydrogen-bond acceptors (Lipinski definition) is 1. The summed E-state index contributed by atoms with van der Waals surface area (Å²) in [5.74, 6) is 0. The Kier molecular flexibility index (Phi) is 4.91. The molecule has 0 bridgehead atoms. The Bertz CT molecular complexity index is 2070. The van der Waals surface area contributed by atoms with Gasteiger partial charge in [-0.3, -0.25) is 0 Å². The van der Waals surface area contributed by atoms with Crippen molar-refractivity contribution in [3.63, 3.8) is 0 Å². The molecule has 0 radical (unpaired) electrons. The highest BCUT2D eigenvalue weighted by molar-refractivity contribution is 5.95. The van der Waals surface area contributed by atoms with Crippen LogP contribution in [0.2, 0.25) is 0 Å². The largest absolute Gasteiger partial charge is 0.335 e. The predicted molar refractivity (Wildman–Crippen MR) is 184 cm³/mol. The summed E-state index contributed by atoms with van der Waals surface area (Å²) in [6, 6.07) is 65.5. The molecule has 210 valence electrons. The van der Waals surface area contributed by atoms with Gasteiger partial charge in [0.25, 0.3) is 0 Å². The van der Waals surface area contributed by atoms with Gasteiger partial charge in [-0.05, 0) is 78.9 Å². The normalized spacial score (nSPS) is 15.4. The van der Waals surface area contributed by atoms with Crippen molar-refractivity contribution in [1.29, 1.82) is 0 Å². The van der Waals surface area contributed by atoms with Crippen molar-refractivity contribution in [1.82, 2.24) is 0 Å². The van der Waals surface area contributed by atoms with E-state index in [1.54, 1.807) is 0 Å². The highest BCUT2D eigenvalue weighted by atomic mass is 15.3. The van der Waals surface area contributed by atoms with Crippen LogP contribution in [0, 0.1) is 0 Å². The SMILES string of the molecule is c1ccc(-c2ccc(N3C4(c5ccccc5-c5ccccc54)c4ccccc4C34c3ccccc3-c3ccccc34)cc2)cc1. The lowest BCUT2D eigenvalue weighted by Crippen LogP contribution is -2.52. The molecule has 1 aliphatic heterocycles. The molecule has 0 aromatic heterocycles. The molecule has 1 heterocycles. The Morgan fingerprint density at radius 2 is 0.578 bits per heavy atom. The van der Waals surface area contributed by atoms with Crippen molar-refractivity contribution in [3.8, 4) is 33.4 Å². The van der Waals surface area contributed by atoms with Gasteiger partial charge >= 0.3 is 0 Å². The van der Waals surface area contributed by atoms with E-state index in [-0.39, 0.29) is 0 Å². The van der Waals surface area contributed by atoms with Crippen LogP contribution in [-0.4, -0.2) is 0 Å². The average Bonchev–Trinajstić information content (AvgIpc) is 3.69. The fraction of sp³-hybridized carbons (Fsp3) is 0.0455. The van der Waals surface area contributed by atoms with Gasteiger partial charge in [-0.1, -0.05) is 164 Å². The molecule has 1 heteroatoms. The first-order valence-electron chi connectivity index (χ1n) is 15.8. The zero-order valence-corrected chi connectivity index (χ0v) is 24.7. The van der Waals surface area contributed by atoms with E-state index in [4.69, 9.17) is 0 Å². The minimum atomic E-state index is -0.539. The molecule has 1 nitrogen and oxygen atoms in total. The molecule has 0 N–H and O–H groups in total. The molecule has 45 heavy (non-hydrogen) atoms. The number of benzene rings is 7. The minimum Gasteiger partial charge on any atom is -0.335 e. The number of anilines is 1. The van der Waals surface area contributed by atoms with Gasteiger partial charge in [-0.2, -0.15) is 0 Å². The Hall–Kier alpha value is -5.66. The van der Waals surface area contributed by atoms with Crippen LogP contribution in [0.4, 0.5) is 5.69 Å². The fourth-order valence-corrected chi connectivity index (χ4v) is 8.91. The second-order valence-corrected chi connectivity index (χ2v) is 12.4. The van der Waals surface area contributed by atoms with Gasteiger partial charge in [0.15, 0.2) is 0 Å². The van der Waals surface area contributed by atoms with E-state index in [1.165, 1.54) is 72.4 Å². The fourth-order valence-electron chi connectivity index (χ4n) is 8.91. The molecule has 0 saturated carbocycles. The molecular formula is C44H29N. The van der Waals surface area contributed by atoms with Crippen LogP contribution in [0.5, 0.6) is 0 Å². The summed E-state index contributed by atoms with van der Waals surface area (Å²) in [7, 11) is 0. The van der Waals surface area contributed by atoms with Gasteiger partial charge in [-0.25, -0.2) is 0 Å². The van der Waals surface area contributed by atoms with E-state index in [0.717, 1.165) is 0 Å². The zero-order valence-electron chi connectivity index (χ0n) is 24.7. The van der Waals surface area contributed by atoms with Gasteiger partial charge < -0.3 is 4.90 Å². The first-order valence-corrected chi connectivity index (χ1v) is 15.8. The second kappa shape index (κ2) is 8.94. The van der Waals surface area contributed by atoms with Crippen molar-refractivity contribution >= 4 is 5.69 Å². The smallest absolute Gasteiger partial charge is 0.119 e. The molecular weight excluding hydrogens is 542 g/mol. The molecule has 0 unspecified atom stereocenters. The van der Waals surface area contributed by atoms with E-state index < -0.39 is 11.1 Å². The van der Waals surface area contributed by atoms with Gasteiger partial charge in [0, 0.05) is 5.69 Å². The lowest BCUT2D eigenvalue weighted by molar-refractivity contribution is 0.511. The van der Waals surface area contributed by atoms with E-state index in [1.807, 2.05) is 0 Å². The van der Waals surface area contributed by atoms with Crippen LogP contribution in [0.3, 0.4) is 0 Å². The Balaban J connectivity index is 1.38. The second-order valence-electron chi connectivity index (χ2n) is 12.4. The molecule has 2 aliphatic carbocycles. The predicted octanol–water partition coefficient (Wildman–Crippen LogP) is 10.4. The molecule has 10 rings (SSSR count). The van der Waals surface area contributed by atoms with Crippen LogP contribution < -0.4 is 4.90 Å². The summed E-state index contributed by atoms with van der Waals surface area (Å²) in [4.78, 5) is 2.79.